The first kappa shape index (κ1) is 19.0. The number of rotatable bonds is 2. The van der Waals surface area contributed by atoms with Gasteiger partial charge in [-0.1, -0.05) is 60.1 Å². The number of carbonyl (C=O) groups excluding carboxylic acids is 3. The van der Waals surface area contributed by atoms with Gasteiger partial charge in [-0.15, -0.1) is 0 Å². The Morgan fingerprint density at radius 3 is 1.97 bits per heavy atom. The Kier molecular flexibility index (Phi) is 4.53. The maximum absolute atomic E-state index is 13.3. The highest BCUT2D eigenvalue weighted by Gasteiger charge is 2.37. The fourth-order valence-electron chi connectivity index (χ4n) is 3.83. The van der Waals surface area contributed by atoms with Gasteiger partial charge in [0.15, 0.2) is 0 Å². The number of hydrogen-bond acceptors (Lipinski definition) is 3. The van der Waals surface area contributed by atoms with Crippen LogP contribution in [-0.4, -0.2) is 17.8 Å². The molecule has 1 heterocycles. The molecule has 4 aromatic rings. The smallest absolute Gasteiger partial charge is 0.273 e. The summed E-state index contributed by atoms with van der Waals surface area (Å²) < 4.78 is 0. The molecule has 1 fully saturated rings. The lowest BCUT2D eigenvalue weighted by Crippen LogP contribution is -2.54. The molecule has 31 heavy (non-hydrogen) atoms. The topological polar surface area (TPSA) is 66.5 Å². The summed E-state index contributed by atoms with van der Waals surface area (Å²) in [5.41, 5.74) is 0.960. The Morgan fingerprint density at radius 1 is 0.774 bits per heavy atom. The van der Waals surface area contributed by atoms with E-state index in [1.807, 2.05) is 48.5 Å². The van der Waals surface area contributed by atoms with Gasteiger partial charge in [-0.25, -0.2) is 9.69 Å². The Bertz CT molecular complexity index is 1370. The summed E-state index contributed by atoms with van der Waals surface area (Å²) in [6.45, 7) is 0. The highest BCUT2D eigenvalue weighted by Crippen LogP contribution is 2.31. The highest BCUT2D eigenvalue weighted by molar-refractivity contribution is 6.39. The van der Waals surface area contributed by atoms with Crippen molar-refractivity contribution >= 4 is 62.8 Å². The summed E-state index contributed by atoms with van der Waals surface area (Å²) in [5, 5.41) is 6.53. The minimum atomic E-state index is -0.794. The molecule has 5 rings (SSSR count). The first-order chi connectivity index (χ1) is 15.0. The average molecular weight is 427 g/mol. The zero-order valence-corrected chi connectivity index (χ0v) is 16.9. The van der Waals surface area contributed by atoms with Crippen LogP contribution in [0.1, 0.15) is 5.56 Å². The molecular formula is C25H15ClN2O3. The third kappa shape index (κ3) is 3.25. The molecule has 0 aromatic heterocycles. The molecule has 1 saturated heterocycles. The summed E-state index contributed by atoms with van der Waals surface area (Å²) in [5.74, 6) is -1.41. The Morgan fingerprint density at radius 2 is 1.35 bits per heavy atom. The van der Waals surface area contributed by atoms with Crippen molar-refractivity contribution in [2.45, 2.75) is 0 Å². The van der Waals surface area contributed by atoms with Gasteiger partial charge in [0, 0.05) is 5.02 Å². The maximum atomic E-state index is 13.3. The van der Waals surface area contributed by atoms with E-state index in [0.29, 0.717) is 10.7 Å². The van der Waals surface area contributed by atoms with Crippen LogP contribution in [-0.2, 0) is 9.59 Å². The molecule has 1 aliphatic heterocycles. The van der Waals surface area contributed by atoms with E-state index < -0.39 is 17.8 Å². The van der Waals surface area contributed by atoms with E-state index >= 15 is 0 Å². The molecule has 0 saturated carbocycles. The third-order valence-electron chi connectivity index (χ3n) is 5.29. The van der Waals surface area contributed by atoms with Crippen molar-refractivity contribution in [1.82, 2.24) is 5.32 Å². The number of imide groups is 2. The molecule has 0 radical (unpaired) electrons. The molecule has 0 unspecified atom stereocenters. The number of urea groups is 1. The van der Waals surface area contributed by atoms with Crippen LogP contribution in [0.25, 0.3) is 27.6 Å². The van der Waals surface area contributed by atoms with Gasteiger partial charge < -0.3 is 0 Å². The predicted molar refractivity (Wildman–Crippen MR) is 122 cm³/mol. The van der Waals surface area contributed by atoms with Gasteiger partial charge in [0.2, 0.25) is 0 Å². The van der Waals surface area contributed by atoms with Crippen LogP contribution in [0.5, 0.6) is 0 Å². The molecular weight excluding hydrogens is 412 g/mol. The summed E-state index contributed by atoms with van der Waals surface area (Å²) >= 11 is 5.92. The number of benzene rings is 4. The molecule has 4 aromatic carbocycles. The van der Waals surface area contributed by atoms with Gasteiger partial charge in [0.1, 0.15) is 5.57 Å². The zero-order valence-electron chi connectivity index (χ0n) is 16.1. The minimum absolute atomic E-state index is 0.115. The van der Waals surface area contributed by atoms with Crippen LogP contribution in [0.4, 0.5) is 10.5 Å². The number of fused-ring (bicyclic) bond motifs is 2. The Hall–Kier alpha value is -3.96. The molecule has 0 aliphatic carbocycles. The lowest BCUT2D eigenvalue weighted by Gasteiger charge is -2.26. The SMILES string of the molecule is O=C1NC(=O)N(c2ccc(Cl)cc2)C(=O)C1=Cc1c2ccccc2cc2ccccc12. The molecule has 4 amide bonds. The molecule has 1 N–H and O–H groups in total. The van der Waals surface area contributed by atoms with Gasteiger partial charge in [0.25, 0.3) is 11.8 Å². The second kappa shape index (κ2) is 7.38. The van der Waals surface area contributed by atoms with Crippen molar-refractivity contribution in [3.8, 4) is 0 Å². The zero-order chi connectivity index (χ0) is 21.5. The molecule has 6 heteroatoms. The normalized spacial score (nSPS) is 15.7. The number of anilines is 1. The molecule has 0 spiro atoms. The fourth-order valence-corrected chi connectivity index (χ4v) is 3.96. The summed E-state index contributed by atoms with van der Waals surface area (Å²) in [6.07, 6.45) is 1.57. The molecule has 0 atom stereocenters. The van der Waals surface area contributed by atoms with Gasteiger partial charge >= 0.3 is 6.03 Å². The van der Waals surface area contributed by atoms with Crippen molar-refractivity contribution in [3.05, 3.63) is 95.0 Å². The van der Waals surface area contributed by atoms with E-state index in [2.05, 4.69) is 11.4 Å². The largest absolute Gasteiger partial charge is 0.335 e. The lowest BCUT2D eigenvalue weighted by molar-refractivity contribution is -0.122. The van der Waals surface area contributed by atoms with Crippen LogP contribution in [0.3, 0.4) is 0 Å². The van der Waals surface area contributed by atoms with Crippen molar-refractivity contribution in [1.29, 1.82) is 0 Å². The third-order valence-corrected chi connectivity index (χ3v) is 5.54. The van der Waals surface area contributed by atoms with Crippen LogP contribution in [0.2, 0.25) is 5.02 Å². The van der Waals surface area contributed by atoms with Crippen LogP contribution < -0.4 is 10.2 Å². The minimum Gasteiger partial charge on any atom is -0.273 e. The predicted octanol–water partition coefficient (Wildman–Crippen LogP) is 5.31. The summed E-state index contributed by atoms with van der Waals surface area (Å²) in [6, 6.07) is 23.1. The number of nitrogens with one attached hydrogen (secondary N) is 1. The van der Waals surface area contributed by atoms with E-state index in [4.69, 9.17) is 11.6 Å². The number of carbonyl (C=O) groups is 3. The highest BCUT2D eigenvalue weighted by atomic mass is 35.5. The van der Waals surface area contributed by atoms with E-state index in [1.165, 1.54) is 0 Å². The number of barbiturate groups is 1. The van der Waals surface area contributed by atoms with Gasteiger partial charge in [-0.2, -0.15) is 0 Å². The number of hydrogen-bond donors (Lipinski definition) is 1. The second-order valence-electron chi connectivity index (χ2n) is 7.17. The van der Waals surface area contributed by atoms with E-state index in [0.717, 1.165) is 32.0 Å². The first-order valence-corrected chi connectivity index (χ1v) is 9.98. The van der Waals surface area contributed by atoms with Gasteiger partial charge in [0.05, 0.1) is 5.69 Å². The lowest BCUT2D eigenvalue weighted by atomic mass is 9.94. The number of halogens is 1. The molecule has 150 valence electrons. The van der Waals surface area contributed by atoms with E-state index in [9.17, 15) is 14.4 Å². The number of nitrogens with zero attached hydrogens (tertiary/aromatic N) is 1. The molecule has 1 aliphatic rings. The van der Waals surface area contributed by atoms with Gasteiger partial charge in [-0.05, 0) is 63.5 Å². The van der Waals surface area contributed by atoms with Crippen molar-refractivity contribution in [3.63, 3.8) is 0 Å². The van der Waals surface area contributed by atoms with E-state index in [1.54, 1.807) is 30.3 Å². The number of amides is 4. The Balaban J connectivity index is 1.71. The van der Waals surface area contributed by atoms with Crippen LogP contribution >= 0.6 is 11.6 Å². The van der Waals surface area contributed by atoms with Crippen molar-refractivity contribution in [2.75, 3.05) is 4.90 Å². The van der Waals surface area contributed by atoms with E-state index in [-0.39, 0.29) is 5.57 Å². The second-order valence-corrected chi connectivity index (χ2v) is 7.60. The molecule has 0 bridgehead atoms. The molecule has 5 nitrogen and oxygen atoms in total. The maximum Gasteiger partial charge on any atom is 0.335 e. The fraction of sp³-hybridized carbons (Fsp3) is 0. The van der Waals surface area contributed by atoms with Crippen molar-refractivity contribution < 1.29 is 14.4 Å². The Labute approximate surface area is 182 Å². The van der Waals surface area contributed by atoms with Crippen LogP contribution in [0, 0.1) is 0 Å². The van der Waals surface area contributed by atoms with Gasteiger partial charge in [-0.3, -0.25) is 14.9 Å². The first-order valence-electron chi connectivity index (χ1n) is 9.60. The summed E-state index contributed by atoms with van der Waals surface area (Å²) in [7, 11) is 0. The van der Waals surface area contributed by atoms with Crippen molar-refractivity contribution in [2.24, 2.45) is 0 Å². The standard InChI is InChI=1S/C25H15ClN2O3/c26-17-9-11-18(12-10-17)28-24(30)22(23(29)27-25(28)31)14-21-19-7-3-1-5-15(19)13-16-6-2-4-8-20(16)21/h1-14H,(H,27,29,31). The average Bonchev–Trinajstić information content (AvgIpc) is 2.77. The quantitative estimate of drug-likeness (QED) is 0.268. The monoisotopic (exact) mass is 426 g/mol. The van der Waals surface area contributed by atoms with Crippen LogP contribution in [0.15, 0.2) is 84.4 Å². The summed E-state index contributed by atoms with van der Waals surface area (Å²) in [4.78, 5) is 39.3.